The molecule has 0 amide bonds. The highest BCUT2D eigenvalue weighted by Crippen LogP contribution is 2.31. The zero-order valence-corrected chi connectivity index (χ0v) is 17.3. The summed E-state index contributed by atoms with van der Waals surface area (Å²) in [5, 5.41) is 6.82. The van der Waals surface area contributed by atoms with Crippen molar-refractivity contribution in [2.45, 2.75) is 50.9 Å². The van der Waals surface area contributed by atoms with Crippen LogP contribution in [0.3, 0.4) is 0 Å². The Kier molecular flexibility index (Phi) is 6.56. The second-order valence-electron chi connectivity index (χ2n) is 7.11. The van der Waals surface area contributed by atoms with Crippen molar-refractivity contribution in [3.63, 3.8) is 0 Å². The van der Waals surface area contributed by atoms with E-state index in [-0.39, 0.29) is 47.4 Å². The number of halogens is 6. The first kappa shape index (κ1) is 22.1. The van der Waals surface area contributed by atoms with Gasteiger partial charge in [-0.3, -0.25) is 4.79 Å². The van der Waals surface area contributed by atoms with Crippen molar-refractivity contribution >= 4 is 28.4 Å². The van der Waals surface area contributed by atoms with Crippen LogP contribution in [-0.4, -0.2) is 26.6 Å². The van der Waals surface area contributed by atoms with Gasteiger partial charge in [0.1, 0.15) is 23.2 Å². The summed E-state index contributed by atoms with van der Waals surface area (Å²) in [4.78, 5) is 12.6. The molecule has 3 rings (SSSR count). The van der Waals surface area contributed by atoms with Crippen molar-refractivity contribution in [1.29, 1.82) is 0 Å². The number of aromatic nitrogens is 3. The summed E-state index contributed by atoms with van der Waals surface area (Å²) in [7, 11) is 0. The summed E-state index contributed by atoms with van der Waals surface area (Å²) in [6.07, 6.45) is -3.71. The summed E-state index contributed by atoms with van der Waals surface area (Å²) in [5.41, 5.74) is 6.40. The molecule has 2 heterocycles. The van der Waals surface area contributed by atoms with E-state index < -0.39 is 35.6 Å². The van der Waals surface area contributed by atoms with Crippen LogP contribution < -0.4 is 5.73 Å². The summed E-state index contributed by atoms with van der Waals surface area (Å²) < 4.78 is 67.4. The van der Waals surface area contributed by atoms with Crippen LogP contribution in [0.25, 0.3) is 0 Å². The summed E-state index contributed by atoms with van der Waals surface area (Å²) in [5.74, 6) is -2.87. The lowest BCUT2D eigenvalue weighted by Gasteiger charge is -2.17. The van der Waals surface area contributed by atoms with Crippen LogP contribution >= 0.6 is 22.6 Å². The van der Waals surface area contributed by atoms with E-state index in [9.17, 15) is 26.7 Å². The van der Waals surface area contributed by atoms with Gasteiger partial charge in [-0.1, -0.05) is 0 Å². The van der Waals surface area contributed by atoms with Gasteiger partial charge < -0.3 is 10.3 Å². The Balaban J connectivity index is 1.62. The smallest absolute Gasteiger partial charge is 0.327 e. The Morgan fingerprint density at radius 3 is 2.69 bits per heavy atom. The number of nitrogens with zero attached hydrogens (tertiary/aromatic N) is 3. The highest BCUT2D eigenvalue weighted by molar-refractivity contribution is 14.1. The van der Waals surface area contributed by atoms with Crippen LogP contribution in [0.5, 0.6) is 0 Å². The SMILES string of the molecule is N[C@@H](CC(=O)C1CCc2nnc(C(F)(F)F)n2CC1)Cc1cc(F)cc(F)c1I. The predicted molar refractivity (Wildman–Crippen MR) is 102 cm³/mol. The van der Waals surface area contributed by atoms with Crippen molar-refractivity contribution in [3.8, 4) is 0 Å². The molecule has 1 aromatic heterocycles. The molecular formula is C18H18F5IN4O. The first-order valence-electron chi connectivity index (χ1n) is 8.97. The van der Waals surface area contributed by atoms with E-state index in [4.69, 9.17) is 5.73 Å². The quantitative estimate of drug-likeness (QED) is 0.366. The molecule has 1 aromatic carbocycles. The number of Topliss-reactive ketones (excluding diaryl/α,β-unsaturated/α-hetero) is 1. The first-order chi connectivity index (χ1) is 13.6. The fraction of sp³-hybridized carbons (Fsp3) is 0.500. The number of carbonyl (C=O) groups excluding carboxylic acids is 1. The lowest BCUT2D eigenvalue weighted by Crippen LogP contribution is -2.30. The third-order valence-electron chi connectivity index (χ3n) is 4.97. The van der Waals surface area contributed by atoms with Crippen LogP contribution in [0.4, 0.5) is 22.0 Å². The second kappa shape index (κ2) is 8.62. The minimum atomic E-state index is -4.60. The van der Waals surface area contributed by atoms with E-state index in [0.717, 1.165) is 10.6 Å². The molecule has 0 saturated heterocycles. The molecule has 158 valence electrons. The molecule has 1 unspecified atom stereocenters. The number of hydrogen-bond acceptors (Lipinski definition) is 4. The third kappa shape index (κ3) is 5.11. The number of aryl methyl sites for hydroxylation is 1. The number of hydrogen-bond donors (Lipinski definition) is 1. The van der Waals surface area contributed by atoms with E-state index in [2.05, 4.69) is 10.2 Å². The van der Waals surface area contributed by atoms with Crippen LogP contribution in [0.2, 0.25) is 0 Å². The van der Waals surface area contributed by atoms with Crippen LogP contribution in [-0.2, 0) is 30.4 Å². The molecular weight excluding hydrogens is 510 g/mol. The number of rotatable bonds is 5. The monoisotopic (exact) mass is 528 g/mol. The number of carbonyl (C=O) groups is 1. The molecule has 29 heavy (non-hydrogen) atoms. The van der Waals surface area contributed by atoms with Crippen LogP contribution in [0.1, 0.15) is 36.5 Å². The molecule has 5 nitrogen and oxygen atoms in total. The fourth-order valence-corrected chi connectivity index (χ4v) is 4.09. The van der Waals surface area contributed by atoms with E-state index in [1.807, 2.05) is 0 Å². The predicted octanol–water partition coefficient (Wildman–Crippen LogP) is 3.66. The molecule has 1 aliphatic rings. The maximum absolute atomic E-state index is 13.7. The minimum Gasteiger partial charge on any atom is -0.327 e. The highest BCUT2D eigenvalue weighted by atomic mass is 127. The Bertz CT molecular complexity index is 914. The van der Waals surface area contributed by atoms with Crippen molar-refractivity contribution in [1.82, 2.24) is 14.8 Å². The topological polar surface area (TPSA) is 73.8 Å². The summed E-state index contributed by atoms with van der Waals surface area (Å²) in [6.45, 7) is -0.00414. The van der Waals surface area contributed by atoms with Crippen LogP contribution in [0.15, 0.2) is 12.1 Å². The molecule has 0 spiro atoms. The van der Waals surface area contributed by atoms with E-state index >= 15 is 0 Å². The first-order valence-corrected chi connectivity index (χ1v) is 10.0. The Hall–Kier alpha value is -1.63. The van der Waals surface area contributed by atoms with Gasteiger partial charge in [-0.05, 0) is 53.5 Å². The van der Waals surface area contributed by atoms with Gasteiger partial charge in [0, 0.05) is 37.4 Å². The number of benzene rings is 1. The van der Waals surface area contributed by atoms with Gasteiger partial charge in [-0.2, -0.15) is 13.2 Å². The average molecular weight is 528 g/mol. The lowest BCUT2D eigenvalue weighted by molar-refractivity contribution is -0.147. The van der Waals surface area contributed by atoms with E-state index in [1.165, 1.54) is 6.07 Å². The fourth-order valence-electron chi connectivity index (χ4n) is 3.56. The summed E-state index contributed by atoms with van der Waals surface area (Å²) in [6, 6.07) is 1.32. The largest absolute Gasteiger partial charge is 0.451 e. The van der Waals surface area contributed by atoms with Crippen molar-refractivity contribution in [3.05, 3.63) is 44.5 Å². The van der Waals surface area contributed by atoms with E-state index in [0.29, 0.717) is 12.0 Å². The van der Waals surface area contributed by atoms with Gasteiger partial charge in [0.25, 0.3) is 0 Å². The van der Waals surface area contributed by atoms with Crippen LogP contribution in [0, 0.1) is 21.1 Å². The molecule has 0 bridgehead atoms. The zero-order chi connectivity index (χ0) is 21.3. The standard InChI is InChI=1S/C18H18F5IN4O/c19-11-5-10(16(24)13(20)7-11)6-12(25)8-14(29)9-1-2-15-26-27-17(18(21,22)23)28(15)4-3-9/h5,7,9,12H,1-4,6,8,25H2/t9?,12-/m1/s1. The second-order valence-corrected chi connectivity index (χ2v) is 8.19. The van der Waals surface area contributed by atoms with Gasteiger partial charge in [-0.15, -0.1) is 10.2 Å². The number of ketones is 1. The molecule has 0 fully saturated rings. The molecule has 2 atom stereocenters. The summed E-state index contributed by atoms with van der Waals surface area (Å²) >= 11 is 1.76. The molecule has 0 radical (unpaired) electrons. The molecule has 0 aliphatic carbocycles. The molecule has 2 N–H and O–H groups in total. The van der Waals surface area contributed by atoms with Crippen molar-refractivity contribution < 1.29 is 26.7 Å². The maximum Gasteiger partial charge on any atom is 0.451 e. The average Bonchev–Trinajstić information content (AvgIpc) is 2.91. The molecule has 2 aromatic rings. The molecule has 0 saturated carbocycles. The third-order valence-corrected chi connectivity index (χ3v) is 6.18. The van der Waals surface area contributed by atoms with Gasteiger partial charge in [-0.25, -0.2) is 8.78 Å². The lowest BCUT2D eigenvalue weighted by atomic mass is 9.90. The number of fused-ring (bicyclic) bond motifs is 1. The van der Waals surface area contributed by atoms with E-state index in [1.54, 1.807) is 22.6 Å². The van der Waals surface area contributed by atoms with Gasteiger partial charge in [0.2, 0.25) is 5.82 Å². The minimum absolute atomic E-state index is 0.00414. The van der Waals surface area contributed by atoms with Crippen molar-refractivity contribution in [2.75, 3.05) is 0 Å². The Morgan fingerprint density at radius 1 is 1.28 bits per heavy atom. The Labute approximate surface area is 177 Å². The maximum atomic E-state index is 13.7. The van der Waals surface area contributed by atoms with Gasteiger partial charge in [0.15, 0.2) is 0 Å². The molecule has 1 aliphatic heterocycles. The van der Waals surface area contributed by atoms with Gasteiger partial charge in [0.05, 0.1) is 3.57 Å². The number of nitrogens with two attached hydrogens (primary N) is 1. The highest BCUT2D eigenvalue weighted by Gasteiger charge is 2.39. The molecule has 11 heteroatoms. The normalized spacial score (nSPS) is 18.2. The van der Waals surface area contributed by atoms with Gasteiger partial charge >= 0.3 is 6.18 Å². The zero-order valence-electron chi connectivity index (χ0n) is 15.1. The number of alkyl halides is 3. The van der Waals surface area contributed by atoms with Crippen molar-refractivity contribution in [2.24, 2.45) is 11.7 Å². The Morgan fingerprint density at radius 2 is 2.00 bits per heavy atom.